The Balaban J connectivity index is 1.94. The number of benzene rings is 1. The molecule has 0 aromatic heterocycles. The summed E-state index contributed by atoms with van der Waals surface area (Å²) in [6.07, 6.45) is 1.09. The maximum Gasteiger partial charge on any atom is 0.227 e. The van der Waals surface area contributed by atoms with Crippen LogP contribution < -0.4 is 5.32 Å². The van der Waals surface area contributed by atoms with Crippen LogP contribution in [0.1, 0.15) is 18.4 Å². The lowest BCUT2D eigenvalue weighted by molar-refractivity contribution is -0.136. The Morgan fingerprint density at radius 1 is 1.53 bits per heavy atom. The SMILES string of the molecule is CN(Cc1cccc(Br)c1)C(=O)C1CCC(=O)NC1. The molecule has 0 bridgehead atoms. The Hall–Kier alpha value is -1.36. The van der Waals surface area contributed by atoms with E-state index >= 15 is 0 Å². The van der Waals surface area contributed by atoms with Gasteiger partial charge in [0.25, 0.3) is 0 Å². The van der Waals surface area contributed by atoms with E-state index in [9.17, 15) is 9.59 Å². The standard InChI is InChI=1S/C14H17BrN2O2/c1-17(9-10-3-2-4-12(15)7-10)14(19)11-5-6-13(18)16-8-11/h2-4,7,11H,5-6,8-9H2,1H3,(H,16,18). The van der Waals surface area contributed by atoms with E-state index in [0.29, 0.717) is 25.9 Å². The van der Waals surface area contributed by atoms with E-state index in [-0.39, 0.29) is 17.7 Å². The van der Waals surface area contributed by atoms with Crippen LogP contribution in [0.25, 0.3) is 0 Å². The number of rotatable bonds is 3. The van der Waals surface area contributed by atoms with Gasteiger partial charge in [0, 0.05) is 31.0 Å². The fourth-order valence-corrected chi connectivity index (χ4v) is 2.69. The zero-order chi connectivity index (χ0) is 13.8. The molecule has 19 heavy (non-hydrogen) atoms. The summed E-state index contributed by atoms with van der Waals surface area (Å²) in [6, 6.07) is 7.92. The van der Waals surface area contributed by atoms with Crippen molar-refractivity contribution >= 4 is 27.7 Å². The quantitative estimate of drug-likeness (QED) is 0.923. The number of amides is 2. The molecule has 1 saturated heterocycles. The van der Waals surface area contributed by atoms with E-state index in [1.165, 1.54) is 0 Å². The molecule has 1 atom stereocenters. The molecule has 0 saturated carbocycles. The first kappa shape index (κ1) is 14.1. The fourth-order valence-electron chi connectivity index (χ4n) is 2.24. The second-order valence-corrected chi connectivity index (χ2v) is 5.78. The minimum atomic E-state index is -0.0881. The van der Waals surface area contributed by atoms with E-state index in [4.69, 9.17) is 0 Å². The Morgan fingerprint density at radius 3 is 2.95 bits per heavy atom. The average molecular weight is 325 g/mol. The number of piperidine rings is 1. The highest BCUT2D eigenvalue weighted by atomic mass is 79.9. The fraction of sp³-hybridized carbons (Fsp3) is 0.429. The van der Waals surface area contributed by atoms with Gasteiger partial charge in [0.2, 0.25) is 11.8 Å². The van der Waals surface area contributed by atoms with Gasteiger partial charge >= 0.3 is 0 Å². The predicted octanol–water partition coefficient (Wildman–Crippen LogP) is 1.93. The van der Waals surface area contributed by atoms with E-state index in [1.54, 1.807) is 11.9 Å². The first-order valence-electron chi connectivity index (χ1n) is 6.32. The predicted molar refractivity (Wildman–Crippen MR) is 76.3 cm³/mol. The number of carbonyl (C=O) groups excluding carboxylic acids is 2. The number of nitrogens with zero attached hydrogens (tertiary/aromatic N) is 1. The summed E-state index contributed by atoms with van der Waals surface area (Å²) in [5.74, 6) is 0.0496. The normalized spacial score (nSPS) is 18.8. The van der Waals surface area contributed by atoms with E-state index in [1.807, 2.05) is 24.3 Å². The maximum absolute atomic E-state index is 12.3. The van der Waals surface area contributed by atoms with Gasteiger partial charge in [-0.15, -0.1) is 0 Å². The van der Waals surface area contributed by atoms with Gasteiger partial charge in [-0.1, -0.05) is 28.1 Å². The smallest absolute Gasteiger partial charge is 0.227 e. The molecule has 1 aliphatic rings. The van der Waals surface area contributed by atoms with Crippen LogP contribution in [0, 0.1) is 5.92 Å². The lowest BCUT2D eigenvalue weighted by Crippen LogP contribution is -2.43. The highest BCUT2D eigenvalue weighted by Crippen LogP contribution is 2.17. The van der Waals surface area contributed by atoms with Crippen molar-refractivity contribution < 1.29 is 9.59 Å². The van der Waals surface area contributed by atoms with E-state index in [0.717, 1.165) is 10.0 Å². The molecule has 1 N–H and O–H groups in total. The lowest BCUT2D eigenvalue weighted by atomic mass is 9.97. The zero-order valence-electron chi connectivity index (χ0n) is 10.9. The van der Waals surface area contributed by atoms with Gasteiger partial charge in [-0.2, -0.15) is 0 Å². The van der Waals surface area contributed by atoms with Gasteiger partial charge in [-0.05, 0) is 24.1 Å². The van der Waals surface area contributed by atoms with Crippen molar-refractivity contribution in [1.82, 2.24) is 10.2 Å². The summed E-state index contributed by atoms with van der Waals surface area (Å²) in [5, 5.41) is 2.75. The van der Waals surface area contributed by atoms with Crippen LogP contribution in [0.2, 0.25) is 0 Å². The molecule has 0 spiro atoms. The number of nitrogens with one attached hydrogen (secondary N) is 1. The van der Waals surface area contributed by atoms with Gasteiger partial charge in [0.05, 0.1) is 5.92 Å². The molecular formula is C14H17BrN2O2. The molecule has 2 amide bonds. The monoisotopic (exact) mass is 324 g/mol. The summed E-state index contributed by atoms with van der Waals surface area (Å²) in [4.78, 5) is 25.1. The Bertz CT molecular complexity index is 480. The maximum atomic E-state index is 12.3. The third-order valence-corrected chi connectivity index (χ3v) is 3.79. The van der Waals surface area contributed by atoms with Crippen LogP contribution in [0.3, 0.4) is 0 Å². The number of hydrogen-bond acceptors (Lipinski definition) is 2. The van der Waals surface area contributed by atoms with Crippen LogP contribution in [-0.4, -0.2) is 30.3 Å². The molecular weight excluding hydrogens is 308 g/mol. The number of halogens is 1. The Labute approximate surface area is 121 Å². The number of carbonyl (C=O) groups is 2. The highest BCUT2D eigenvalue weighted by Gasteiger charge is 2.26. The van der Waals surface area contributed by atoms with Crippen molar-refractivity contribution in [3.05, 3.63) is 34.3 Å². The number of hydrogen-bond donors (Lipinski definition) is 1. The molecule has 1 aliphatic heterocycles. The summed E-state index contributed by atoms with van der Waals surface area (Å²) in [6.45, 7) is 1.04. The third kappa shape index (κ3) is 3.80. The summed E-state index contributed by atoms with van der Waals surface area (Å²) < 4.78 is 1.01. The lowest BCUT2D eigenvalue weighted by Gasteiger charge is -2.26. The summed E-state index contributed by atoms with van der Waals surface area (Å²) in [5.41, 5.74) is 1.09. The van der Waals surface area contributed by atoms with Crippen LogP contribution in [0.4, 0.5) is 0 Å². The van der Waals surface area contributed by atoms with E-state index < -0.39 is 0 Å². The van der Waals surface area contributed by atoms with Crippen molar-refractivity contribution in [1.29, 1.82) is 0 Å². The molecule has 5 heteroatoms. The van der Waals surface area contributed by atoms with Crippen molar-refractivity contribution in [3.8, 4) is 0 Å². The second kappa shape index (κ2) is 6.19. The van der Waals surface area contributed by atoms with Crippen LogP contribution in [0.5, 0.6) is 0 Å². The molecule has 4 nitrogen and oxygen atoms in total. The molecule has 1 aromatic carbocycles. The van der Waals surface area contributed by atoms with Crippen molar-refractivity contribution in [2.75, 3.05) is 13.6 Å². The highest BCUT2D eigenvalue weighted by molar-refractivity contribution is 9.10. The van der Waals surface area contributed by atoms with Crippen LogP contribution in [0.15, 0.2) is 28.7 Å². The largest absolute Gasteiger partial charge is 0.355 e. The molecule has 1 fully saturated rings. The van der Waals surface area contributed by atoms with Crippen molar-refractivity contribution in [2.24, 2.45) is 5.92 Å². The molecule has 1 heterocycles. The molecule has 102 valence electrons. The second-order valence-electron chi connectivity index (χ2n) is 4.86. The van der Waals surface area contributed by atoms with Gasteiger partial charge in [0.1, 0.15) is 0 Å². The topological polar surface area (TPSA) is 49.4 Å². The Morgan fingerprint density at radius 2 is 2.32 bits per heavy atom. The molecule has 2 rings (SSSR count). The molecule has 0 aliphatic carbocycles. The third-order valence-electron chi connectivity index (χ3n) is 3.30. The van der Waals surface area contributed by atoms with Gasteiger partial charge in [0.15, 0.2) is 0 Å². The summed E-state index contributed by atoms with van der Waals surface area (Å²) in [7, 11) is 1.81. The first-order valence-corrected chi connectivity index (χ1v) is 7.11. The molecule has 0 radical (unpaired) electrons. The first-order chi connectivity index (χ1) is 9.06. The van der Waals surface area contributed by atoms with Crippen LogP contribution in [-0.2, 0) is 16.1 Å². The summed E-state index contributed by atoms with van der Waals surface area (Å²) >= 11 is 3.42. The van der Waals surface area contributed by atoms with Gasteiger partial charge < -0.3 is 10.2 Å². The average Bonchev–Trinajstić information content (AvgIpc) is 2.39. The van der Waals surface area contributed by atoms with Crippen molar-refractivity contribution in [3.63, 3.8) is 0 Å². The minimum absolute atomic E-state index is 0.0405. The Kier molecular flexibility index (Phi) is 4.58. The van der Waals surface area contributed by atoms with Crippen molar-refractivity contribution in [2.45, 2.75) is 19.4 Å². The van der Waals surface area contributed by atoms with Gasteiger partial charge in [-0.25, -0.2) is 0 Å². The molecule has 1 unspecified atom stereocenters. The van der Waals surface area contributed by atoms with Crippen LogP contribution >= 0.6 is 15.9 Å². The van der Waals surface area contributed by atoms with E-state index in [2.05, 4.69) is 21.2 Å². The van der Waals surface area contributed by atoms with Gasteiger partial charge in [-0.3, -0.25) is 9.59 Å². The minimum Gasteiger partial charge on any atom is -0.355 e. The zero-order valence-corrected chi connectivity index (χ0v) is 12.4. The molecule has 1 aromatic rings.